The van der Waals surface area contributed by atoms with Crippen LogP contribution in [0.15, 0.2) is 41.5 Å². The van der Waals surface area contributed by atoms with Crippen LogP contribution in [0.2, 0.25) is 0 Å². The molecule has 1 atom stereocenters. The standard InChI is InChI=1S/C25H26Br2N8O5/c1-33-18-3-2-16(8-15(18)9-19(24(33)38)39-7-5-28-22(36)11-26)31-21-10-20(32-25-29-14-30-35(21)25)34-6-4-17(13-34)40-23(37)12-27/h2-3,8-10,14,17,31H,4-7,11-13H2,1H3,(H,28,36). The molecular weight excluding hydrogens is 652 g/mol. The number of hydrogen-bond donors (Lipinski definition) is 2. The van der Waals surface area contributed by atoms with Crippen molar-refractivity contribution in [1.29, 1.82) is 0 Å². The second-order valence-corrected chi connectivity index (χ2v) is 10.2. The van der Waals surface area contributed by atoms with E-state index in [9.17, 15) is 14.4 Å². The molecule has 40 heavy (non-hydrogen) atoms. The number of hydrogen-bond acceptors (Lipinski definition) is 10. The van der Waals surface area contributed by atoms with E-state index in [-0.39, 0.29) is 53.1 Å². The van der Waals surface area contributed by atoms with Crippen molar-refractivity contribution in [2.75, 3.05) is 47.1 Å². The average Bonchev–Trinajstić information content (AvgIpc) is 3.63. The third kappa shape index (κ3) is 6.04. The number of amides is 1. The summed E-state index contributed by atoms with van der Waals surface area (Å²) in [5, 5.41) is 11.5. The van der Waals surface area contributed by atoms with E-state index >= 15 is 0 Å². The molecule has 1 aromatic carbocycles. The van der Waals surface area contributed by atoms with Crippen molar-refractivity contribution in [3.05, 3.63) is 47.0 Å². The highest BCUT2D eigenvalue weighted by Crippen LogP contribution is 2.27. The fourth-order valence-electron chi connectivity index (χ4n) is 4.48. The fraction of sp³-hybridized carbons (Fsp3) is 0.360. The number of halogens is 2. The Kier molecular flexibility index (Phi) is 8.49. The number of benzene rings is 1. The van der Waals surface area contributed by atoms with E-state index < -0.39 is 0 Å². The molecule has 4 aromatic rings. The van der Waals surface area contributed by atoms with Crippen molar-refractivity contribution in [2.45, 2.75) is 12.5 Å². The van der Waals surface area contributed by atoms with Gasteiger partial charge in [-0.05, 0) is 24.3 Å². The van der Waals surface area contributed by atoms with Gasteiger partial charge in [0.25, 0.3) is 11.3 Å². The van der Waals surface area contributed by atoms with Gasteiger partial charge in [-0.15, -0.1) is 0 Å². The van der Waals surface area contributed by atoms with Gasteiger partial charge in [-0.25, -0.2) is 0 Å². The summed E-state index contributed by atoms with van der Waals surface area (Å²) < 4.78 is 14.3. The number of anilines is 3. The number of fused-ring (bicyclic) bond motifs is 2. The molecule has 0 saturated carbocycles. The van der Waals surface area contributed by atoms with E-state index in [0.717, 1.165) is 16.6 Å². The zero-order valence-electron chi connectivity index (χ0n) is 21.5. The van der Waals surface area contributed by atoms with Crippen LogP contribution in [-0.4, -0.2) is 79.0 Å². The molecule has 1 fully saturated rings. The predicted molar refractivity (Wildman–Crippen MR) is 156 cm³/mol. The number of carbonyl (C=O) groups excluding carboxylic acids is 2. The minimum absolute atomic E-state index is 0.157. The Morgan fingerprint density at radius 1 is 1.18 bits per heavy atom. The Bertz CT molecular complexity index is 1620. The van der Waals surface area contributed by atoms with E-state index in [2.05, 4.69) is 57.6 Å². The first-order valence-electron chi connectivity index (χ1n) is 12.4. The number of ether oxygens (including phenoxy) is 2. The lowest BCUT2D eigenvalue weighted by Gasteiger charge is -2.19. The molecule has 15 heteroatoms. The van der Waals surface area contributed by atoms with Gasteiger partial charge in [-0.2, -0.15) is 19.6 Å². The zero-order valence-corrected chi connectivity index (χ0v) is 24.6. The van der Waals surface area contributed by atoms with Gasteiger partial charge in [-0.3, -0.25) is 14.4 Å². The van der Waals surface area contributed by atoms with E-state index in [0.29, 0.717) is 36.9 Å². The Morgan fingerprint density at radius 2 is 2.02 bits per heavy atom. The van der Waals surface area contributed by atoms with E-state index in [1.807, 2.05) is 29.2 Å². The number of esters is 1. The van der Waals surface area contributed by atoms with Gasteiger partial charge in [0, 0.05) is 37.2 Å². The molecule has 1 unspecified atom stereocenters. The fourth-order valence-corrected chi connectivity index (χ4v) is 4.81. The normalized spacial score (nSPS) is 15.0. The highest BCUT2D eigenvalue weighted by atomic mass is 79.9. The van der Waals surface area contributed by atoms with Crippen LogP contribution in [0.5, 0.6) is 5.75 Å². The van der Waals surface area contributed by atoms with Gasteiger partial charge in [0.2, 0.25) is 5.91 Å². The van der Waals surface area contributed by atoms with E-state index in [1.165, 1.54) is 10.9 Å². The molecule has 1 aliphatic rings. The van der Waals surface area contributed by atoms with Crippen molar-refractivity contribution >= 4 is 77.7 Å². The van der Waals surface area contributed by atoms with Crippen LogP contribution in [0, 0.1) is 0 Å². The van der Waals surface area contributed by atoms with Crippen molar-refractivity contribution in [3.63, 3.8) is 0 Å². The number of nitrogens with one attached hydrogen (secondary N) is 2. The number of alkyl halides is 2. The van der Waals surface area contributed by atoms with Crippen LogP contribution in [0.25, 0.3) is 16.7 Å². The molecule has 13 nitrogen and oxygen atoms in total. The zero-order chi connectivity index (χ0) is 28.2. The first kappa shape index (κ1) is 27.8. The molecule has 5 rings (SSSR count). The molecule has 210 valence electrons. The first-order valence-corrected chi connectivity index (χ1v) is 14.7. The van der Waals surface area contributed by atoms with Gasteiger partial charge in [0.05, 0.1) is 23.9 Å². The summed E-state index contributed by atoms with van der Waals surface area (Å²) >= 11 is 6.22. The molecular formula is C25H26Br2N8O5. The van der Waals surface area contributed by atoms with Crippen molar-refractivity contribution in [2.24, 2.45) is 7.05 Å². The lowest BCUT2D eigenvalue weighted by atomic mass is 10.2. The van der Waals surface area contributed by atoms with Crippen molar-refractivity contribution < 1.29 is 19.1 Å². The number of pyridine rings is 1. The van der Waals surface area contributed by atoms with Crippen molar-refractivity contribution in [3.8, 4) is 5.75 Å². The molecule has 1 saturated heterocycles. The Labute approximate surface area is 245 Å². The first-order chi connectivity index (χ1) is 19.4. The summed E-state index contributed by atoms with van der Waals surface area (Å²) in [5.74, 6) is 1.49. The van der Waals surface area contributed by atoms with Gasteiger partial charge >= 0.3 is 5.97 Å². The van der Waals surface area contributed by atoms with Gasteiger partial charge in [0.15, 0.2) is 5.75 Å². The lowest BCUT2D eigenvalue weighted by molar-refractivity contribution is -0.144. The van der Waals surface area contributed by atoms with Crippen LogP contribution < -0.4 is 25.8 Å². The Morgan fingerprint density at radius 3 is 2.83 bits per heavy atom. The molecule has 2 N–H and O–H groups in total. The Balaban J connectivity index is 1.38. The monoisotopic (exact) mass is 676 g/mol. The maximum absolute atomic E-state index is 12.8. The third-order valence-corrected chi connectivity index (χ3v) is 7.35. The lowest BCUT2D eigenvalue weighted by Crippen LogP contribution is -2.30. The van der Waals surface area contributed by atoms with Gasteiger partial charge in [0.1, 0.15) is 36.0 Å². The quantitative estimate of drug-likeness (QED) is 0.146. The van der Waals surface area contributed by atoms with Gasteiger partial charge < -0.3 is 29.6 Å². The number of nitrogens with zero attached hydrogens (tertiary/aromatic N) is 6. The summed E-state index contributed by atoms with van der Waals surface area (Å²) in [6.45, 7) is 1.65. The minimum Gasteiger partial charge on any atom is -0.486 e. The second kappa shape index (κ2) is 12.2. The number of aryl methyl sites for hydroxylation is 1. The van der Waals surface area contributed by atoms with E-state index in [4.69, 9.17) is 9.47 Å². The van der Waals surface area contributed by atoms with Crippen LogP contribution in [0.1, 0.15) is 6.42 Å². The molecule has 0 spiro atoms. The summed E-state index contributed by atoms with van der Waals surface area (Å²) in [4.78, 5) is 46.8. The predicted octanol–water partition coefficient (Wildman–Crippen LogP) is 2.13. The maximum Gasteiger partial charge on any atom is 0.316 e. The highest BCUT2D eigenvalue weighted by Gasteiger charge is 2.27. The number of carbonyl (C=O) groups is 2. The summed E-state index contributed by atoms with van der Waals surface area (Å²) in [5.41, 5.74) is 1.22. The van der Waals surface area contributed by atoms with Gasteiger partial charge in [-0.1, -0.05) is 31.9 Å². The minimum atomic E-state index is -0.293. The number of aromatic nitrogens is 5. The van der Waals surface area contributed by atoms with Crippen LogP contribution in [0.4, 0.5) is 17.3 Å². The number of rotatable bonds is 10. The third-order valence-electron chi connectivity index (χ3n) is 6.38. The Hall–Kier alpha value is -3.72. The summed E-state index contributed by atoms with van der Waals surface area (Å²) in [6.07, 6.45) is 1.93. The molecule has 1 amide bonds. The topological polar surface area (TPSA) is 145 Å². The smallest absolute Gasteiger partial charge is 0.316 e. The molecule has 0 aliphatic carbocycles. The molecule has 4 heterocycles. The molecule has 3 aromatic heterocycles. The second-order valence-electron chi connectivity index (χ2n) is 9.06. The van der Waals surface area contributed by atoms with Crippen LogP contribution >= 0.6 is 31.9 Å². The summed E-state index contributed by atoms with van der Waals surface area (Å²) in [6, 6.07) is 9.19. The van der Waals surface area contributed by atoms with Crippen molar-refractivity contribution in [1.82, 2.24) is 29.5 Å². The van der Waals surface area contributed by atoms with Crippen LogP contribution in [-0.2, 0) is 21.4 Å². The highest BCUT2D eigenvalue weighted by molar-refractivity contribution is 9.09. The van der Waals surface area contributed by atoms with Crippen LogP contribution in [0.3, 0.4) is 0 Å². The average molecular weight is 678 g/mol. The SMILES string of the molecule is Cn1c(=O)c(OCCNC(=O)CBr)cc2cc(Nc3cc(N4CCC(OC(=O)CBr)C4)nc4ncnn34)ccc21. The molecule has 1 aliphatic heterocycles. The largest absolute Gasteiger partial charge is 0.486 e. The molecule has 0 bridgehead atoms. The van der Waals surface area contributed by atoms with E-state index in [1.54, 1.807) is 17.6 Å². The molecule has 0 radical (unpaired) electrons. The summed E-state index contributed by atoms with van der Waals surface area (Å²) in [7, 11) is 1.68. The maximum atomic E-state index is 12.8.